The molecule has 1 unspecified atom stereocenters. The maximum absolute atomic E-state index is 5.72. The number of ether oxygens (including phenoxy) is 1. The Kier molecular flexibility index (Phi) is 3.72. The summed E-state index contributed by atoms with van der Waals surface area (Å²) >= 11 is 0. The van der Waals surface area contributed by atoms with Crippen LogP contribution in [-0.2, 0) is 0 Å². The third kappa shape index (κ3) is 3.90. The summed E-state index contributed by atoms with van der Waals surface area (Å²) in [6.45, 7) is 8.11. The van der Waals surface area contributed by atoms with E-state index in [0.29, 0.717) is 0 Å². The van der Waals surface area contributed by atoms with E-state index in [-0.39, 0.29) is 11.6 Å². The van der Waals surface area contributed by atoms with Gasteiger partial charge in [0.1, 0.15) is 11.4 Å². The maximum Gasteiger partial charge on any atom is 0.120 e. The van der Waals surface area contributed by atoms with E-state index in [9.17, 15) is 0 Å². The average Bonchev–Trinajstić information content (AvgIpc) is 2.15. The molecule has 0 aliphatic carbocycles. The van der Waals surface area contributed by atoms with E-state index in [4.69, 9.17) is 10.6 Å². The van der Waals surface area contributed by atoms with Crippen LogP contribution in [-0.4, -0.2) is 5.60 Å². The lowest BCUT2D eigenvalue weighted by molar-refractivity contribution is 0.131. The smallest absolute Gasteiger partial charge is 0.120 e. The minimum Gasteiger partial charge on any atom is -0.488 e. The Morgan fingerprint density at radius 1 is 1.20 bits per heavy atom. The molecule has 3 N–H and O–H groups in total. The Morgan fingerprint density at radius 3 is 2.13 bits per heavy atom. The zero-order chi connectivity index (χ0) is 11.5. The minimum absolute atomic E-state index is 0.154. The Bertz CT molecular complexity index is 300. The molecule has 0 saturated carbocycles. The van der Waals surface area contributed by atoms with Gasteiger partial charge in [-0.2, -0.15) is 0 Å². The van der Waals surface area contributed by atoms with Crippen molar-refractivity contribution in [1.82, 2.24) is 5.43 Å². The first-order chi connectivity index (χ1) is 6.92. The van der Waals surface area contributed by atoms with Gasteiger partial charge in [-0.1, -0.05) is 12.1 Å². The fraction of sp³-hybridized carbons (Fsp3) is 0.500. The lowest BCUT2D eigenvalue weighted by Gasteiger charge is -2.21. The van der Waals surface area contributed by atoms with Gasteiger partial charge in [0.2, 0.25) is 0 Å². The van der Waals surface area contributed by atoms with Gasteiger partial charge in [-0.15, -0.1) is 0 Å². The highest BCUT2D eigenvalue weighted by Crippen LogP contribution is 2.20. The van der Waals surface area contributed by atoms with Gasteiger partial charge in [0.15, 0.2) is 0 Å². The van der Waals surface area contributed by atoms with Gasteiger partial charge in [0.05, 0.1) is 0 Å². The van der Waals surface area contributed by atoms with E-state index >= 15 is 0 Å². The molecule has 0 heterocycles. The number of nitrogens with two attached hydrogens (primary N) is 1. The SMILES string of the molecule is CC(NN)c1ccc(OC(C)(C)C)cc1. The topological polar surface area (TPSA) is 47.3 Å². The van der Waals surface area contributed by atoms with Gasteiger partial charge in [-0.05, 0) is 45.4 Å². The quantitative estimate of drug-likeness (QED) is 0.592. The molecule has 0 fully saturated rings. The van der Waals surface area contributed by atoms with Crippen LogP contribution < -0.4 is 16.0 Å². The average molecular weight is 208 g/mol. The van der Waals surface area contributed by atoms with Gasteiger partial charge in [-0.25, -0.2) is 0 Å². The highest BCUT2D eigenvalue weighted by Gasteiger charge is 2.11. The van der Waals surface area contributed by atoms with Crippen LogP contribution in [0.4, 0.5) is 0 Å². The molecule has 0 aliphatic rings. The van der Waals surface area contributed by atoms with Crippen molar-refractivity contribution >= 4 is 0 Å². The van der Waals surface area contributed by atoms with Crippen molar-refractivity contribution in [3.8, 4) is 5.75 Å². The second-order valence-electron chi connectivity index (χ2n) is 4.67. The van der Waals surface area contributed by atoms with E-state index in [2.05, 4.69) is 5.43 Å². The first-order valence-corrected chi connectivity index (χ1v) is 5.17. The van der Waals surface area contributed by atoms with Crippen LogP contribution in [0.25, 0.3) is 0 Å². The summed E-state index contributed by atoms with van der Waals surface area (Å²) in [7, 11) is 0. The van der Waals surface area contributed by atoms with Gasteiger partial charge >= 0.3 is 0 Å². The number of hydrazine groups is 1. The molecule has 0 spiro atoms. The Labute approximate surface area is 91.6 Å². The summed E-state index contributed by atoms with van der Waals surface area (Å²) in [6.07, 6.45) is 0. The van der Waals surface area contributed by atoms with Gasteiger partial charge < -0.3 is 4.74 Å². The number of hydrogen-bond donors (Lipinski definition) is 2. The van der Waals surface area contributed by atoms with Crippen LogP contribution in [0, 0.1) is 0 Å². The van der Waals surface area contributed by atoms with Crippen molar-refractivity contribution in [2.45, 2.75) is 39.3 Å². The first-order valence-electron chi connectivity index (χ1n) is 5.17. The predicted molar refractivity (Wildman–Crippen MR) is 62.6 cm³/mol. The molecule has 0 amide bonds. The third-order valence-corrected chi connectivity index (χ3v) is 2.05. The molecule has 1 aromatic carbocycles. The van der Waals surface area contributed by atoms with E-state index in [1.54, 1.807) is 0 Å². The highest BCUT2D eigenvalue weighted by atomic mass is 16.5. The molecule has 15 heavy (non-hydrogen) atoms. The van der Waals surface area contributed by atoms with Crippen LogP contribution in [0.15, 0.2) is 24.3 Å². The Balaban J connectivity index is 2.72. The second-order valence-corrected chi connectivity index (χ2v) is 4.67. The Hall–Kier alpha value is -1.06. The van der Waals surface area contributed by atoms with Gasteiger partial charge in [-0.3, -0.25) is 11.3 Å². The molecular weight excluding hydrogens is 188 g/mol. The summed E-state index contributed by atoms with van der Waals surface area (Å²) in [6, 6.07) is 8.13. The van der Waals surface area contributed by atoms with Crippen molar-refractivity contribution < 1.29 is 4.74 Å². The molecule has 84 valence electrons. The van der Waals surface area contributed by atoms with Crippen molar-refractivity contribution in [3.63, 3.8) is 0 Å². The van der Waals surface area contributed by atoms with Crippen molar-refractivity contribution in [2.75, 3.05) is 0 Å². The van der Waals surface area contributed by atoms with Crippen LogP contribution in [0.2, 0.25) is 0 Å². The molecule has 0 radical (unpaired) electrons. The molecule has 1 aromatic rings. The predicted octanol–water partition coefficient (Wildman–Crippen LogP) is 2.39. The molecule has 1 rings (SSSR count). The lowest BCUT2D eigenvalue weighted by Crippen LogP contribution is -2.25. The van der Waals surface area contributed by atoms with Gasteiger partial charge in [0.25, 0.3) is 0 Å². The van der Waals surface area contributed by atoms with Crippen molar-refractivity contribution in [2.24, 2.45) is 5.84 Å². The summed E-state index contributed by atoms with van der Waals surface area (Å²) in [5, 5.41) is 0. The molecule has 3 heteroatoms. The fourth-order valence-corrected chi connectivity index (χ4v) is 1.27. The van der Waals surface area contributed by atoms with Crippen LogP contribution in [0.1, 0.15) is 39.3 Å². The van der Waals surface area contributed by atoms with Crippen molar-refractivity contribution in [3.05, 3.63) is 29.8 Å². The largest absolute Gasteiger partial charge is 0.488 e. The molecule has 0 bridgehead atoms. The molecule has 1 atom stereocenters. The molecule has 0 aliphatic heterocycles. The molecule has 0 saturated heterocycles. The fourth-order valence-electron chi connectivity index (χ4n) is 1.27. The monoisotopic (exact) mass is 208 g/mol. The minimum atomic E-state index is -0.154. The summed E-state index contributed by atoms with van der Waals surface area (Å²) in [5.41, 5.74) is 3.71. The zero-order valence-corrected chi connectivity index (χ0v) is 9.87. The summed E-state index contributed by atoms with van der Waals surface area (Å²) in [5.74, 6) is 6.25. The van der Waals surface area contributed by atoms with E-state index in [1.807, 2.05) is 52.0 Å². The zero-order valence-electron chi connectivity index (χ0n) is 9.87. The molecule has 3 nitrogen and oxygen atoms in total. The molecule has 0 aromatic heterocycles. The van der Waals surface area contributed by atoms with Gasteiger partial charge in [0, 0.05) is 6.04 Å². The maximum atomic E-state index is 5.72. The number of nitrogens with one attached hydrogen (secondary N) is 1. The number of rotatable bonds is 3. The van der Waals surface area contributed by atoms with Crippen LogP contribution >= 0.6 is 0 Å². The van der Waals surface area contributed by atoms with E-state index < -0.39 is 0 Å². The van der Waals surface area contributed by atoms with Crippen LogP contribution in [0.5, 0.6) is 5.75 Å². The first kappa shape index (κ1) is 12.0. The second kappa shape index (κ2) is 4.64. The standard InChI is InChI=1S/C12H20N2O/c1-9(14-13)10-5-7-11(8-6-10)15-12(2,3)4/h5-9,14H,13H2,1-4H3. The molecular formula is C12H20N2O. The number of benzene rings is 1. The highest BCUT2D eigenvalue weighted by molar-refractivity contribution is 5.29. The summed E-state index contributed by atoms with van der Waals surface area (Å²) < 4.78 is 5.72. The van der Waals surface area contributed by atoms with Crippen molar-refractivity contribution in [1.29, 1.82) is 0 Å². The van der Waals surface area contributed by atoms with E-state index in [1.165, 1.54) is 0 Å². The third-order valence-electron chi connectivity index (χ3n) is 2.05. The Morgan fingerprint density at radius 2 is 1.73 bits per heavy atom. The lowest BCUT2D eigenvalue weighted by atomic mass is 10.1. The van der Waals surface area contributed by atoms with E-state index in [0.717, 1.165) is 11.3 Å². The van der Waals surface area contributed by atoms with Crippen LogP contribution in [0.3, 0.4) is 0 Å². The normalized spacial score (nSPS) is 13.7. The number of hydrogen-bond acceptors (Lipinski definition) is 3. The summed E-state index contributed by atoms with van der Waals surface area (Å²) in [4.78, 5) is 0.